The van der Waals surface area contributed by atoms with Gasteiger partial charge in [0.15, 0.2) is 0 Å². The van der Waals surface area contributed by atoms with Crippen LogP contribution in [0.4, 0.5) is 5.69 Å². The van der Waals surface area contributed by atoms with E-state index >= 15 is 0 Å². The lowest BCUT2D eigenvalue weighted by molar-refractivity contribution is 0.0945. The van der Waals surface area contributed by atoms with E-state index in [4.69, 9.17) is 9.47 Å². The van der Waals surface area contributed by atoms with Crippen molar-refractivity contribution in [3.63, 3.8) is 0 Å². The first-order valence-electron chi connectivity index (χ1n) is 7.67. The number of ether oxygens (including phenoxy) is 2. The standard InChI is InChI=1S/C18H22N2O4/c1-4-24-14-9-15(21)17(16(10-14)23-3)18(22)20-11-12-5-7-13(19-2)8-6-12/h5-10,19,21H,4,11H2,1-3H3,(H,20,22). The first-order valence-corrected chi connectivity index (χ1v) is 7.67. The molecule has 2 rings (SSSR count). The van der Waals surface area contributed by atoms with Gasteiger partial charge >= 0.3 is 0 Å². The molecule has 24 heavy (non-hydrogen) atoms. The van der Waals surface area contributed by atoms with Crippen LogP contribution in [0.1, 0.15) is 22.8 Å². The molecule has 0 aliphatic carbocycles. The van der Waals surface area contributed by atoms with Crippen LogP contribution in [-0.2, 0) is 6.54 Å². The van der Waals surface area contributed by atoms with Crippen molar-refractivity contribution in [2.75, 3.05) is 26.1 Å². The van der Waals surface area contributed by atoms with Gasteiger partial charge in [0.25, 0.3) is 5.91 Å². The second-order valence-electron chi connectivity index (χ2n) is 5.08. The van der Waals surface area contributed by atoms with Crippen LogP contribution in [0.3, 0.4) is 0 Å². The summed E-state index contributed by atoms with van der Waals surface area (Å²) in [7, 11) is 3.29. The number of benzene rings is 2. The van der Waals surface area contributed by atoms with Crippen LogP contribution >= 0.6 is 0 Å². The molecule has 0 aromatic heterocycles. The molecule has 0 unspecified atom stereocenters. The minimum Gasteiger partial charge on any atom is -0.507 e. The zero-order valence-electron chi connectivity index (χ0n) is 14.1. The average molecular weight is 330 g/mol. The van der Waals surface area contributed by atoms with Crippen LogP contribution in [0.25, 0.3) is 0 Å². The van der Waals surface area contributed by atoms with E-state index < -0.39 is 5.91 Å². The molecule has 0 radical (unpaired) electrons. The van der Waals surface area contributed by atoms with Gasteiger partial charge in [-0.3, -0.25) is 4.79 Å². The van der Waals surface area contributed by atoms with Crippen molar-refractivity contribution in [3.05, 3.63) is 47.5 Å². The topological polar surface area (TPSA) is 79.8 Å². The van der Waals surface area contributed by atoms with Crippen LogP contribution < -0.4 is 20.1 Å². The molecule has 0 aliphatic heterocycles. The van der Waals surface area contributed by atoms with Gasteiger partial charge in [-0.15, -0.1) is 0 Å². The lowest BCUT2D eigenvalue weighted by Gasteiger charge is -2.13. The highest BCUT2D eigenvalue weighted by molar-refractivity contribution is 5.99. The summed E-state index contributed by atoms with van der Waals surface area (Å²) >= 11 is 0. The van der Waals surface area contributed by atoms with Gasteiger partial charge in [0.2, 0.25) is 0 Å². The monoisotopic (exact) mass is 330 g/mol. The Labute approximate surface area is 141 Å². The van der Waals surface area contributed by atoms with E-state index in [-0.39, 0.29) is 17.1 Å². The average Bonchev–Trinajstić information content (AvgIpc) is 2.59. The molecule has 128 valence electrons. The van der Waals surface area contributed by atoms with E-state index in [9.17, 15) is 9.90 Å². The van der Waals surface area contributed by atoms with E-state index in [1.807, 2.05) is 38.2 Å². The molecule has 0 aliphatic rings. The van der Waals surface area contributed by atoms with Crippen molar-refractivity contribution in [2.45, 2.75) is 13.5 Å². The first-order chi connectivity index (χ1) is 11.6. The van der Waals surface area contributed by atoms with Crippen LogP contribution in [0, 0.1) is 0 Å². The van der Waals surface area contributed by atoms with Gasteiger partial charge < -0.3 is 25.2 Å². The molecule has 6 nitrogen and oxygen atoms in total. The third-order valence-corrected chi connectivity index (χ3v) is 3.51. The highest BCUT2D eigenvalue weighted by atomic mass is 16.5. The number of carbonyl (C=O) groups excluding carboxylic acids is 1. The fourth-order valence-corrected chi connectivity index (χ4v) is 2.28. The largest absolute Gasteiger partial charge is 0.507 e. The highest BCUT2D eigenvalue weighted by Crippen LogP contribution is 2.33. The Balaban J connectivity index is 2.13. The van der Waals surface area contributed by atoms with Crippen molar-refractivity contribution >= 4 is 11.6 Å². The Morgan fingerprint density at radius 2 is 1.92 bits per heavy atom. The smallest absolute Gasteiger partial charge is 0.259 e. The number of rotatable bonds is 7. The molecule has 6 heteroatoms. The molecule has 0 spiro atoms. The third-order valence-electron chi connectivity index (χ3n) is 3.51. The van der Waals surface area contributed by atoms with E-state index in [0.717, 1.165) is 11.3 Å². The lowest BCUT2D eigenvalue weighted by atomic mass is 10.1. The molecule has 0 saturated heterocycles. The molecule has 0 atom stereocenters. The van der Waals surface area contributed by atoms with Crippen molar-refractivity contribution in [2.24, 2.45) is 0 Å². The normalized spacial score (nSPS) is 10.1. The summed E-state index contributed by atoms with van der Waals surface area (Å²) in [5.41, 5.74) is 2.04. The van der Waals surface area contributed by atoms with Gasteiger partial charge in [0.1, 0.15) is 22.8 Å². The van der Waals surface area contributed by atoms with Crippen LogP contribution in [-0.4, -0.2) is 31.8 Å². The van der Waals surface area contributed by atoms with Crippen LogP contribution in [0.15, 0.2) is 36.4 Å². The van der Waals surface area contributed by atoms with Gasteiger partial charge in [-0.05, 0) is 24.6 Å². The molecule has 0 saturated carbocycles. The number of anilines is 1. The van der Waals surface area contributed by atoms with Gasteiger partial charge in [-0.25, -0.2) is 0 Å². The molecular weight excluding hydrogens is 308 g/mol. The lowest BCUT2D eigenvalue weighted by Crippen LogP contribution is -2.23. The summed E-state index contributed by atoms with van der Waals surface area (Å²) in [5, 5.41) is 16.0. The maximum absolute atomic E-state index is 12.4. The Hall–Kier alpha value is -2.89. The van der Waals surface area contributed by atoms with Crippen molar-refractivity contribution < 1.29 is 19.4 Å². The SMILES string of the molecule is CCOc1cc(O)c(C(=O)NCc2ccc(NC)cc2)c(OC)c1. The molecule has 1 amide bonds. The number of phenolic OH excluding ortho intramolecular Hbond substituents is 1. The quantitative estimate of drug-likeness (QED) is 0.727. The number of hydrogen-bond donors (Lipinski definition) is 3. The number of aromatic hydroxyl groups is 1. The summed E-state index contributed by atoms with van der Waals surface area (Å²) in [6, 6.07) is 10.7. The minimum absolute atomic E-state index is 0.0906. The first kappa shape index (κ1) is 17.5. The van der Waals surface area contributed by atoms with Gasteiger partial charge in [0.05, 0.1) is 13.7 Å². The van der Waals surface area contributed by atoms with Crippen LogP contribution in [0.5, 0.6) is 17.2 Å². The highest BCUT2D eigenvalue weighted by Gasteiger charge is 2.19. The van der Waals surface area contributed by atoms with E-state index in [1.165, 1.54) is 13.2 Å². The van der Waals surface area contributed by atoms with Crippen molar-refractivity contribution in [1.29, 1.82) is 0 Å². The molecule has 0 fully saturated rings. The number of methoxy groups -OCH3 is 1. The van der Waals surface area contributed by atoms with Gasteiger partial charge in [-0.2, -0.15) is 0 Å². The molecule has 0 heterocycles. The summed E-state index contributed by atoms with van der Waals surface area (Å²) in [6.07, 6.45) is 0. The molecule has 0 bridgehead atoms. The maximum atomic E-state index is 12.4. The second kappa shape index (κ2) is 8.10. The van der Waals surface area contributed by atoms with Gasteiger partial charge in [0, 0.05) is 31.4 Å². The van der Waals surface area contributed by atoms with Crippen molar-refractivity contribution in [3.8, 4) is 17.2 Å². The molecular formula is C18H22N2O4. The second-order valence-corrected chi connectivity index (χ2v) is 5.08. The Morgan fingerprint density at radius 3 is 2.50 bits per heavy atom. The van der Waals surface area contributed by atoms with Crippen molar-refractivity contribution in [1.82, 2.24) is 5.32 Å². The predicted molar refractivity (Wildman–Crippen MR) is 93.0 cm³/mol. The zero-order chi connectivity index (χ0) is 17.5. The number of hydrogen-bond acceptors (Lipinski definition) is 5. The zero-order valence-corrected chi connectivity index (χ0v) is 14.1. The summed E-state index contributed by atoms with van der Waals surface area (Å²) < 4.78 is 10.5. The summed E-state index contributed by atoms with van der Waals surface area (Å²) in [6.45, 7) is 2.64. The number of amides is 1. The summed E-state index contributed by atoms with van der Waals surface area (Å²) in [4.78, 5) is 12.4. The number of nitrogens with one attached hydrogen (secondary N) is 2. The Morgan fingerprint density at radius 1 is 1.21 bits per heavy atom. The fourth-order valence-electron chi connectivity index (χ4n) is 2.28. The van der Waals surface area contributed by atoms with Gasteiger partial charge in [-0.1, -0.05) is 12.1 Å². The molecule has 2 aromatic carbocycles. The molecule has 2 aromatic rings. The summed E-state index contributed by atoms with van der Waals surface area (Å²) in [5.74, 6) is 0.124. The minimum atomic E-state index is -0.412. The number of phenols is 1. The maximum Gasteiger partial charge on any atom is 0.259 e. The third kappa shape index (κ3) is 4.10. The van der Waals surface area contributed by atoms with E-state index in [2.05, 4.69) is 10.6 Å². The fraction of sp³-hybridized carbons (Fsp3) is 0.278. The molecule has 3 N–H and O–H groups in total. The van der Waals surface area contributed by atoms with Crippen LogP contribution in [0.2, 0.25) is 0 Å². The Kier molecular flexibility index (Phi) is 5.89. The van der Waals surface area contributed by atoms with E-state index in [1.54, 1.807) is 6.07 Å². The predicted octanol–water partition coefficient (Wildman–Crippen LogP) is 2.77. The number of carbonyl (C=O) groups is 1. The Bertz CT molecular complexity index is 699. The van der Waals surface area contributed by atoms with E-state index in [0.29, 0.717) is 18.9 Å².